The lowest BCUT2D eigenvalue weighted by Crippen LogP contribution is -2.10. The molecule has 0 amide bonds. The van der Waals surface area contributed by atoms with E-state index < -0.39 is 11.7 Å². The summed E-state index contributed by atoms with van der Waals surface area (Å²) in [6.07, 6.45) is -0.246. The SMILES string of the molecule is CC(C)[C@H]1CCCCc2cc(C(F)(F)F)ccc21. The van der Waals surface area contributed by atoms with Crippen molar-refractivity contribution in [3.8, 4) is 0 Å². The largest absolute Gasteiger partial charge is 0.416 e. The zero-order chi connectivity index (χ0) is 13.3. The number of hydrogen-bond donors (Lipinski definition) is 0. The molecule has 1 aromatic rings. The first kappa shape index (κ1) is 13.4. The predicted octanol–water partition coefficient (Wildman–Crippen LogP) is 5.17. The van der Waals surface area contributed by atoms with E-state index in [0.717, 1.165) is 36.8 Å². The molecule has 100 valence electrons. The van der Waals surface area contributed by atoms with Gasteiger partial charge in [-0.3, -0.25) is 0 Å². The van der Waals surface area contributed by atoms with Gasteiger partial charge < -0.3 is 0 Å². The molecule has 0 fully saturated rings. The minimum atomic E-state index is -4.23. The van der Waals surface area contributed by atoms with E-state index in [0.29, 0.717) is 11.8 Å². The topological polar surface area (TPSA) is 0 Å². The van der Waals surface area contributed by atoms with E-state index in [1.165, 1.54) is 12.1 Å². The number of halogens is 3. The molecule has 0 nitrogen and oxygen atoms in total. The quantitative estimate of drug-likeness (QED) is 0.608. The highest BCUT2D eigenvalue weighted by atomic mass is 19.4. The summed E-state index contributed by atoms with van der Waals surface area (Å²) in [5.74, 6) is 0.892. The van der Waals surface area contributed by atoms with Crippen molar-refractivity contribution < 1.29 is 13.2 Å². The summed E-state index contributed by atoms with van der Waals surface area (Å²) >= 11 is 0. The minimum absolute atomic E-state index is 0.407. The Morgan fingerprint density at radius 3 is 2.50 bits per heavy atom. The van der Waals surface area contributed by atoms with E-state index >= 15 is 0 Å². The average Bonchev–Trinajstić information content (AvgIpc) is 2.48. The Kier molecular flexibility index (Phi) is 3.69. The Labute approximate surface area is 106 Å². The van der Waals surface area contributed by atoms with E-state index in [4.69, 9.17) is 0 Å². The van der Waals surface area contributed by atoms with Crippen molar-refractivity contribution in [2.75, 3.05) is 0 Å². The van der Waals surface area contributed by atoms with E-state index in [2.05, 4.69) is 13.8 Å². The van der Waals surface area contributed by atoms with Gasteiger partial charge in [0.25, 0.3) is 0 Å². The lowest BCUT2D eigenvalue weighted by Gasteiger charge is -2.22. The number of fused-ring (bicyclic) bond motifs is 1. The molecule has 1 aliphatic carbocycles. The summed E-state index contributed by atoms with van der Waals surface area (Å²) in [6, 6.07) is 4.30. The number of benzene rings is 1. The van der Waals surface area contributed by atoms with Gasteiger partial charge in [0.1, 0.15) is 0 Å². The van der Waals surface area contributed by atoms with Crippen LogP contribution in [0.15, 0.2) is 18.2 Å². The molecule has 0 aliphatic heterocycles. The average molecular weight is 256 g/mol. The van der Waals surface area contributed by atoms with Crippen LogP contribution in [0, 0.1) is 5.92 Å². The van der Waals surface area contributed by atoms with Crippen LogP contribution in [-0.4, -0.2) is 0 Å². The highest BCUT2D eigenvalue weighted by Crippen LogP contribution is 2.38. The van der Waals surface area contributed by atoms with Crippen LogP contribution in [-0.2, 0) is 12.6 Å². The van der Waals surface area contributed by atoms with Crippen molar-refractivity contribution in [2.24, 2.45) is 5.92 Å². The summed E-state index contributed by atoms with van der Waals surface area (Å²) in [4.78, 5) is 0. The molecule has 0 saturated carbocycles. The van der Waals surface area contributed by atoms with Crippen molar-refractivity contribution in [3.63, 3.8) is 0 Å². The fraction of sp³-hybridized carbons (Fsp3) is 0.600. The summed E-state index contributed by atoms with van der Waals surface area (Å²) in [6.45, 7) is 4.30. The normalized spacial score (nSPS) is 20.7. The zero-order valence-corrected chi connectivity index (χ0v) is 10.8. The minimum Gasteiger partial charge on any atom is -0.166 e. The molecule has 3 heteroatoms. The molecular formula is C15H19F3. The molecular weight excluding hydrogens is 237 g/mol. The molecule has 0 unspecified atom stereocenters. The second-order valence-corrected chi connectivity index (χ2v) is 5.51. The third-order valence-corrected chi connectivity index (χ3v) is 3.89. The highest BCUT2D eigenvalue weighted by Gasteiger charge is 2.32. The second-order valence-electron chi connectivity index (χ2n) is 5.51. The van der Waals surface area contributed by atoms with Gasteiger partial charge in [-0.15, -0.1) is 0 Å². The van der Waals surface area contributed by atoms with Gasteiger partial charge in [-0.05, 0) is 54.4 Å². The Bertz CT molecular complexity index is 418. The van der Waals surface area contributed by atoms with Gasteiger partial charge in [0.05, 0.1) is 5.56 Å². The molecule has 0 N–H and O–H groups in total. The van der Waals surface area contributed by atoms with Crippen LogP contribution >= 0.6 is 0 Å². The Morgan fingerprint density at radius 2 is 1.89 bits per heavy atom. The van der Waals surface area contributed by atoms with E-state index in [1.54, 1.807) is 6.07 Å². The summed E-state index contributed by atoms with van der Waals surface area (Å²) < 4.78 is 38.1. The lowest BCUT2D eigenvalue weighted by atomic mass is 9.83. The second kappa shape index (κ2) is 4.94. The molecule has 1 aliphatic rings. The smallest absolute Gasteiger partial charge is 0.166 e. The van der Waals surface area contributed by atoms with Crippen molar-refractivity contribution in [1.82, 2.24) is 0 Å². The standard InChI is InChI=1S/C15H19F3/c1-10(2)13-6-4-3-5-11-9-12(15(16,17)18)7-8-14(11)13/h7-10,13H,3-6H2,1-2H3/t13-/m1/s1. The molecule has 2 rings (SSSR count). The van der Waals surface area contributed by atoms with Crippen LogP contribution in [0.2, 0.25) is 0 Å². The lowest BCUT2D eigenvalue weighted by molar-refractivity contribution is -0.137. The number of rotatable bonds is 1. The maximum absolute atomic E-state index is 12.7. The first-order chi connectivity index (χ1) is 8.39. The summed E-state index contributed by atoms with van der Waals surface area (Å²) in [5, 5.41) is 0. The number of aryl methyl sites for hydroxylation is 1. The monoisotopic (exact) mass is 256 g/mol. The first-order valence-corrected chi connectivity index (χ1v) is 6.59. The molecule has 18 heavy (non-hydrogen) atoms. The molecule has 1 aromatic carbocycles. The molecule has 0 spiro atoms. The van der Waals surface area contributed by atoms with Crippen molar-refractivity contribution in [2.45, 2.75) is 51.6 Å². The predicted molar refractivity (Wildman–Crippen MR) is 66.6 cm³/mol. The zero-order valence-electron chi connectivity index (χ0n) is 10.8. The Balaban J connectivity index is 2.42. The Morgan fingerprint density at radius 1 is 1.17 bits per heavy atom. The third-order valence-electron chi connectivity index (χ3n) is 3.89. The molecule has 0 aromatic heterocycles. The van der Waals surface area contributed by atoms with Crippen LogP contribution in [0.5, 0.6) is 0 Å². The molecule has 0 bridgehead atoms. The first-order valence-electron chi connectivity index (χ1n) is 6.59. The highest BCUT2D eigenvalue weighted by molar-refractivity contribution is 5.37. The molecule has 1 atom stereocenters. The number of hydrogen-bond acceptors (Lipinski definition) is 0. The maximum Gasteiger partial charge on any atom is 0.416 e. The fourth-order valence-electron chi connectivity index (χ4n) is 2.89. The van der Waals surface area contributed by atoms with Crippen molar-refractivity contribution in [3.05, 3.63) is 34.9 Å². The van der Waals surface area contributed by atoms with Crippen molar-refractivity contribution >= 4 is 0 Å². The van der Waals surface area contributed by atoms with E-state index in [9.17, 15) is 13.2 Å². The van der Waals surface area contributed by atoms with Gasteiger partial charge in [-0.2, -0.15) is 13.2 Å². The Hall–Kier alpha value is -0.990. The fourth-order valence-corrected chi connectivity index (χ4v) is 2.89. The van der Waals surface area contributed by atoms with Crippen LogP contribution in [0.25, 0.3) is 0 Å². The summed E-state index contributed by atoms with van der Waals surface area (Å²) in [7, 11) is 0. The van der Waals surface area contributed by atoms with Gasteiger partial charge in [0.2, 0.25) is 0 Å². The van der Waals surface area contributed by atoms with Gasteiger partial charge in [-0.1, -0.05) is 26.3 Å². The number of alkyl halides is 3. The van der Waals surface area contributed by atoms with Gasteiger partial charge >= 0.3 is 6.18 Å². The van der Waals surface area contributed by atoms with E-state index in [-0.39, 0.29) is 0 Å². The van der Waals surface area contributed by atoms with Crippen molar-refractivity contribution in [1.29, 1.82) is 0 Å². The van der Waals surface area contributed by atoms with Crippen LogP contribution < -0.4 is 0 Å². The van der Waals surface area contributed by atoms with E-state index in [1.807, 2.05) is 0 Å². The van der Waals surface area contributed by atoms with Gasteiger partial charge in [-0.25, -0.2) is 0 Å². The molecule has 0 heterocycles. The van der Waals surface area contributed by atoms with Crippen LogP contribution in [0.1, 0.15) is 55.7 Å². The molecule has 0 radical (unpaired) electrons. The summed E-state index contributed by atoms with van der Waals surface area (Å²) in [5.41, 5.74) is 1.53. The third kappa shape index (κ3) is 2.70. The van der Waals surface area contributed by atoms with Crippen LogP contribution in [0.3, 0.4) is 0 Å². The van der Waals surface area contributed by atoms with Crippen LogP contribution in [0.4, 0.5) is 13.2 Å². The maximum atomic E-state index is 12.7. The van der Waals surface area contributed by atoms with Gasteiger partial charge in [0.15, 0.2) is 0 Å². The molecule has 0 saturated heterocycles. The van der Waals surface area contributed by atoms with Gasteiger partial charge in [0, 0.05) is 0 Å².